The van der Waals surface area contributed by atoms with Gasteiger partial charge in [0.25, 0.3) is 0 Å². The minimum atomic E-state index is -0.245. The Hall–Kier alpha value is -3.27. The third-order valence-electron chi connectivity index (χ3n) is 6.50. The van der Waals surface area contributed by atoms with E-state index < -0.39 is 0 Å². The summed E-state index contributed by atoms with van der Waals surface area (Å²) in [5.41, 5.74) is 5.74. The van der Waals surface area contributed by atoms with Gasteiger partial charge in [-0.1, -0.05) is 65.7 Å². The molecule has 3 aromatic rings. The zero-order chi connectivity index (χ0) is 22.7. The van der Waals surface area contributed by atoms with E-state index in [0.717, 1.165) is 18.4 Å². The van der Waals surface area contributed by atoms with E-state index in [4.69, 9.17) is 9.47 Å². The monoisotopic (exact) mass is 429 g/mol. The highest BCUT2D eigenvalue weighted by molar-refractivity contribution is 5.86. The van der Waals surface area contributed by atoms with Crippen molar-refractivity contribution >= 4 is 5.91 Å². The van der Waals surface area contributed by atoms with Gasteiger partial charge in [-0.05, 0) is 55.5 Å². The average molecular weight is 430 g/mol. The molecule has 0 saturated heterocycles. The maximum atomic E-state index is 13.2. The van der Waals surface area contributed by atoms with Gasteiger partial charge in [0, 0.05) is 12.0 Å². The highest BCUT2D eigenvalue weighted by Gasteiger charge is 2.60. The molecule has 166 valence electrons. The van der Waals surface area contributed by atoms with E-state index in [2.05, 4.69) is 67.7 Å². The van der Waals surface area contributed by atoms with Gasteiger partial charge in [-0.15, -0.1) is 0 Å². The van der Waals surface area contributed by atoms with E-state index >= 15 is 0 Å². The number of methoxy groups -OCH3 is 2. The lowest BCUT2D eigenvalue weighted by atomic mass is 9.84. The normalized spacial score (nSPS) is 16.3. The van der Waals surface area contributed by atoms with Gasteiger partial charge in [-0.2, -0.15) is 0 Å². The summed E-state index contributed by atoms with van der Waals surface area (Å²) >= 11 is 0. The van der Waals surface area contributed by atoms with E-state index in [9.17, 15) is 4.79 Å². The standard InChI is InChI=1S/C28H31NO3/c1-19-7-5-9-22(15-19)28(23-10-6-8-20(2)16-23)18-24(28)27(30)29-14-13-21-11-12-25(31-3)26(17-21)32-4/h5-12,15-17,24H,13-14,18H2,1-4H3,(H,29,30)/t24-/m1/s1. The zero-order valence-electron chi connectivity index (χ0n) is 19.3. The van der Waals surface area contributed by atoms with Crippen LogP contribution in [-0.4, -0.2) is 26.7 Å². The molecule has 1 fully saturated rings. The molecule has 4 rings (SSSR count). The smallest absolute Gasteiger partial charge is 0.224 e. The third kappa shape index (κ3) is 4.22. The van der Waals surface area contributed by atoms with Crippen molar-refractivity contribution in [2.45, 2.75) is 32.1 Å². The number of hydrogen-bond donors (Lipinski definition) is 1. The van der Waals surface area contributed by atoms with Crippen molar-refractivity contribution in [3.05, 3.63) is 94.5 Å². The van der Waals surface area contributed by atoms with Crippen molar-refractivity contribution in [2.24, 2.45) is 5.92 Å². The lowest BCUT2D eigenvalue weighted by Gasteiger charge is -2.20. The molecule has 0 radical (unpaired) electrons. The average Bonchev–Trinajstić information content (AvgIpc) is 3.56. The molecule has 1 saturated carbocycles. The van der Waals surface area contributed by atoms with Crippen molar-refractivity contribution in [2.75, 3.05) is 20.8 Å². The van der Waals surface area contributed by atoms with Gasteiger partial charge in [-0.25, -0.2) is 0 Å². The van der Waals surface area contributed by atoms with E-state index in [0.29, 0.717) is 18.0 Å². The number of carbonyl (C=O) groups excluding carboxylic acids is 1. The molecule has 4 heteroatoms. The van der Waals surface area contributed by atoms with E-state index in [1.807, 2.05) is 18.2 Å². The minimum Gasteiger partial charge on any atom is -0.493 e. The second-order valence-electron chi connectivity index (χ2n) is 8.70. The number of rotatable bonds is 8. The first-order valence-electron chi connectivity index (χ1n) is 11.1. The Labute approximate surface area is 190 Å². The van der Waals surface area contributed by atoms with Crippen LogP contribution in [0.15, 0.2) is 66.7 Å². The maximum absolute atomic E-state index is 13.2. The minimum absolute atomic E-state index is 0.0588. The van der Waals surface area contributed by atoms with Crippen molar-refractivity contribution in [3.8, 4) is 11.5 Å². The fourth-order valence-electron chi connectivity index (χ4n) is 4.72. The van der Waals surface area contributed by atoms with E-state index in [1.54, 1.807) is 14.2 Å². The van der Waals surface area contributed by atoms with Crippen LogP contribution >= 0.6 is 0 Å². The molecule has 1 amide bonds. The van der Waals surface area contributed by atoms with Gasteiger partial charge < -0.3 is 14.8 Å². The molecule has 32 heavy (non-hydrogen) atoms. The highest BCUT2D eigenvalue weighted by atomic mass is 16.5. The summed E-state index contributed by atoms with van der Waals surface area (Å²) < 4.78 is 10.7. The van der Waals surface area contributed by atoms with Crippen molar-refractivity contribution in [1.82, 2.24) is 5.32 Å². The highest BCUT2D eigenvalue weighted by Crippen LogP contribution is 2.59. The molecule has 0 aliphatic heterocycles. The van der Waals surface area contributed by atoms with Crippen LogP contribution in [-0.2, 0) is 16.6 Å². The molecular weight excluding hydrogens is 398 g/mol. The number of ether oxygens (including phenoxy) is 2. The molecule has 1 N–H and O–H groups in total. The third-order valence-corrected chi connectivity index (χ3v) is 6.50. The quantitative estimate of drug-likeness (QED) is 0.549. The summed E-state index contributed by atoms with van der Waals surface area (Å²) in [5, 5.41) is 3.17. The van der Waals surface area contributed by atoms with Crippen LogP contribution in [0.25, 0.3) is 0 Å². The van der Waals surface area contributed by atoms with Crippen LogP contribution < -0.4 is 14.8 Å². The molecule has 3 aromatic carbocycles. The van der Waals surface area contributed by atoms with Gasteiger partial charge in [-0.3, -0.25) is 4.79 Å². The zero-order valence-corrected chi connectivity index (χ0v) is 19.3. The predicted octanol–water partition coefficient (Wildman–Crippen LogP) is 4.99. The Morgan fingerprint density at radius 1 is 0.906 bits per heavy atom. The van der Waals surface area contributed by atoms with Crippen LogP contribution in [0.4, 0.5) is 0 Å². The summed E-state index contributed by atoms with van der Waals surface area (Å²) in [6.45, 7) is 4.80. The topological polar surface area (TPSA) is 47.6 Å². The van der Waals surface area contributed by atoms with Gasteiger partial charge in [0.2, 0.25) is 5.91 Å². The first-order chi connectivity index (χ1) is 15.5. The fraction of sp³-hybridized carbons (Fsp3) is 0.321. The number of nitrogens with one attached hydrogen (secondary N) is 1. The number of amides is 1. The second-order valence-corrected chi connectivity index (χ2v) is 8.70. The Morgan fingerprint density at radius 3 is 2.09 bits per heavy atom. The van der Waals surface area contributed by atoms with Crippen LogP contribution in [0.1, 0.15) is 34.2 Å². The van der Waals surface area contributed by atoms with Crippen LogP contribution in [0.5, 0.6) is 11.5 Å². The lowest BCUT2D eigenvalue weighted by Crippen LogP contribution is -2.30. The number of carbonyl (C=O) groups is 1. The van der Waals surface area contributed by atoms with Crippen molar-refractivity contribution in [1.29, 1.82) is 0 Å². The Kier molecular flexibility index (Phi) is 6.22. The van der Waals surface area contributed by atoms with Gasteiger partial charge in [0.05, 0.1) is 20.1 Å². The Balaban J connectivity index is 1.49. The maximum Gasteiger partial charge on any atom is 0.224 e. The summed E-state index contributed by atoms with van der Waals surface area (Å²) in [5.74, 6) is 1.47. The SMILES string of the molecule is COc1ccc(CCNC(=O)[C@H]2CC2(c2cccc(C)c2)c2cccc(C)c2)cc1OC. The van der Waals surface area contributed by atoms with E-state index in [1.165, 1.54) is 22.3 Å². The largest absolute Gasteiger partial charge is 0.493 e. The van der Waals surface area contributed by atoms with E-state index in [-0.39, 0.29) is 17.2 Å². The van der Waals surface area contributed by atoms with Gasteiger partial charge in [0.1, 0.15) is 0 Å². The summed E-state index contributed by atoms with van der Waals surface area (Å²) in [6, 6.07) is 23.0. The molecular formula is C28H31NO3. The van der Waals surface area contributed by atoms with Crippen LogP contribution in [0, 0.1) is 19.8 Å². The van der Waals surface area contributed by atoms with Crippen molar-refractivity contribution in [3.63, 3.8) is 0 Å². The number of benzene rings is 3. The van der Waals surface area contributed by atoms with Gasteiger partial charge >= 0.3 is 0 Å². The summed E-state index contributed by atoms with van der Waals surface area (Å²) in [7, 11) is 3.26. The lowest BCUT2D eigenvalue weighted by molar-refractivity contribution is -0.122. The predicted molar refractivity (Wildman–Crippen MR) is 128 cm³/mol. The molecule has 0 aromatic heterocycles. The molecule has 0 spiro atoms. The number of aryl methyl sites for hydroxylation is 2. The Morgan fingerprint density at radius 2 is 1.53 bits per heavy atom. The first kappa shape index (κ1) is 21.9. The van der Waals surface area contributed by atoms with Crippen molar-refractivity contribution < 1.29 is 14.3 Å². The molecule has 0 bridgehead atoms. The Bertz CT molecular complexity index is 1080. The second kappa shape index (κ2) is 9.07. The molecule has 4 nitrogen and oxygen atoms in total. The summed E-state index contributed by atoms with van der Waals surface area (Å²) in [4.78, 5) is 13.2. The molecule has 0 unspecified atom stereocenters. The molecule has 1 aliphatic carbocycles. The van der Waals surface area contributed by atoms with Gasteiger partial charge in [0.15, 0.2) is 11.5 Å². The van der Waals surface area contributed by atoms with Crippen LogP contribution in [0.2, 0.25) is 0 Å². The molecule has 0 heterocycles. The molecule has 1 aliphatic rings. The molecule has 1 atom stereocenters. The fourth-order valence-corrected chi connectivity index (χ4v) is 4.72. The summed E-state index contributed by atoms with van der Waals surface area (Å²) in [6.07, 6.45) is 1.57. The first-order valence-corrected chi connectivity index (χ1v) is 11.1. The van der Waals surface area contributed by atoms with Crippen LogP contribution in [0.3, 0.4) is 0 Å². The number of hydrogen-bond acceptors (Lipinski definition) is 3.